The smallest absolute Gasteiger partial charge is 0.162 e. The molecule has 0 aliphatic carbocycles. The molecule has 0 spiro atoms. The first kappa shape index (κ1) is 15.2. The van der Waals surface area contributed by atoms with Crippen LogP contribution in [-0.2, 0) is 17.3 Å². The van der Waals surface area contributed by atoms with E-state index in [9.17, 15) is 4.79 Å². The monoisotopic (exact) mass is 286 g/mol. The third-order valence-corrected chi connectivity index (χ3v) is 3.70. The molecule has 0 radical (unpaired) electrons. The molecule has 1 aromatic carbocycles. The third-order valence-electron chi connectivity index (χ3n) is 3.70. The Morgan fingerprint density at radius 1 is 1.24 bits per heavy atom. The van der Waals surface area contributed by atoms with E-state index in [4.69, 9.17) is 0 Å². The number of aryl methyl sites for hydroxylation is 1. The van der Waals surface area contributed by atoms with Crippen molar-refractivity contribution in [2.75, 3.05) is 11.9 Å². The van der Waals surface area contributed by atoms with Crippen LogP contribution in [0.2, 0.25) is 0 Å². The Kier molecular flexibility index (Phi) is 4.11. The minimum absolute atomic E-state index is 0.116. The van der Waals surface area contributed by atoms with Gasteiger partial charge in [0.2, 0.25) is 0 Å². The minimum Gasteiger partial charge on any atom is -0.358 e. The van der Waals surface area contributed by atoms with Crippen LogP contribution in [0.4, 0.5) is 5.69 Å². The summed E-state index contributed by atoms with van der Waals surface area (Å²) in [4.78, 5) is 13.4. The predicted octanol–water partition coefficient (Wildman–Crippen LogP) is 2.49. The van der Waals surface area contributed by atoms with Crippen molar-refractivity contribution in [2.24, 2.45) is 7.05 Å². The standard InChI is InChI=1S/C16H22N4O/c1-16(2,3)12-6-8-13(9-7-12)20(5)14(10-21)15-18-17-11-19(15)4/h6-11,14H,1-5H3. The lowest BCUT2D eigenvalue weighted by Gasteiger charge is -2.26. The molecule has 0 aliphatic rings. The number of hydrogen-bond acceptors (Lipinski definition) is 4. The molecule has 2 rings (SSSR count). The summed E-state index contributed by atoms with van der Waals surface area (Å²) in [6.45, 7) is 6.54. The van der Waals surface area contributed by atoms with Crippen molar-refractivity contribution in [1.29, 1.82) is 0 Å². The maximum Gasteiger partial charge on any atom is 0.162 e. The van der Waals surface area contributed by atoms with E-state index >= 15 is 0 Å². The van der Waals surface area contributed by atoms with Gasteiger partial charge in [-0.25, -0.2) is 0 Å². The van der Waals surface area contributed by atoms with Gasteiger partial charge in [-0.05, 0) is 23.1 Å². The predicted molar refractivity (Wildman–Crippen MR) is 83.4 cm³/mol. The number of rotatable bonds is 4. The topological polar surface area (TPSA) is 51.0 Å². The van der Waals surface area contributed by atoms with Crippen LogP contribution in [0.1, 0.15) is 38.2 Å². The fraction of sp³-hybridized carbons (Fsp3) is 0.438. The second-order valence-corrected chi connectivity index (χ2v) is 6.29. The van der Waals surface area contributed by atoms with Crippen molar-refractivity contribution in [3.8, 4) is 0 Å². The normalized spacial score (nSPS) is 13.0. The van der Waals surface area contributed by atoms with Gasteiger partial charge in [-0.3, -0.25) is 0 Å². The molecule has 112 valence electrons. The van der Waals surface area contributed by atoms with E-state index in [1.807, 2.05) is 31.1 Å². The highest BCUT2D eigenvalue weighted by molar-refractivity contribution is 5.67. The molecule has 0 bridgehead atoms. The molecule has 5 nitrogen and oxygen atoms in total. The number of aldehydes is 1. The number of aromatic nitrogens is 3. The summed E-state index contributed by atoms with van der Waals surface area (Å²) in [5, 5.41) is 7.87. The van der Waals surface area contributed by atoms with E-state index in [-0.39, 0.29) is 5.41 Å². The van der Waals surface area contributed by atoms with Crippen molar-refractivity contribution in [3.63, 3.8) is 0 Å². The summed E-state index contributed by atoms with van der Waals surface area (Å²) in [5.74, 6) is 0.632. The van der Waals surface area contributed by atoms with Crippen LogP contribution in [0, 0.1) is 0 Å². The van der Waals surface area contributed by atoms with Gasteiger partial charge in [0.15, 0.2) is 5.82 Å². The number of benzene rings is 1. The minimum atomic E-state index is -0.446. The van der Waals surface area contributed by atoms with E-state index in [0.717, 1.165) is 12.0 Å². The molecule has 0 saturated carbocycles. The summed E-state index contributed by atoms with van der Waals surface area (Å²) >= 11 is 0. The number of carbonyl (C=O) groups is 1. The number of hydrogen-bond donors (Lipinski definition) is 0. The van der Waals surface area contributed by atoms with E-state index in [0.29, 0.717) is 5.82 Å². The van der Waals surface area contributed by atoms with Gasteiger partial charge in [0, 0.05) is 19.8 Å². The zero-order chi connectivity index (χ0) is 15.6. The molecule has 1 heterocycles. The highest BCUT2D eigenvalue weighted by Gasteiger charge is 2.22. The van der Waals surface area contributed by atoms with Gasteiger partial charge in [-0.15, -0.1) is 10.2 Å². The van der Waals surface area contributed by atoms with Gasteiger partial charge in [0.25, 0.3) is 0 Å². The maximum absolute atomic E-state index is 11.5. The summed E-state index contributed by atoms with van der Waals surface area (Å²) in [5.41, 5.74) is 2.36. The largest absolute Gasteiger partial charge is 0.358 e. The Hall–Kier alpha value is -2.17. The summed E-state index contributed by atoms with van der Waals surface area (Å²) < 4.78 is 1.76. The van der Waals surface area contributed by atoms with E-state index in [2.05, 4.69) is 43.1 Å². The zero-order valence-electron chi connectivity index (χ0n) is 13.2. The number of nitrogens with zero attached hydrogens (tertiary/aromatic N) is 4. The molecule has 21 heavy (non-hydrogen) atoms. The van der Waals surface area contributed by atoms with E-state index < -0.39 is 6.04 Å². The molecule has 0 N–H and O–H groups in total. The molecule has 1 unspecified atom stereocenters. The van der Waals surface area contributed by atoms with E-state index in [1.54, 1.807) is 10.9 Å². The van der Waals surface area contributed by atoms with Crippen LogP contribution < -0.4 is 4.90 Å². The van der Waals surface area contributed by atoms with Crippen LogP contribution in [-0.4, -0.2) is 28.1 Å². The first-order chi connectivity index (χ1) is 9.84. The second kappa shape index (κ2) is 5.68. The Morgan fingerprint density at radius 3 is 2.29 bits per heavy atom. The molecule has 1 atom stereocenters. The van der Waals surface area contributed by atoms with Crippen LogP contribution in [0.5, 0.6) is 0 Å². The molecule has 0 amide bonds. The van der Waals surface area contributed by atoms with Crippen LogP contribution in [0.15, 0.2) is 30.6 Å². The van der Waals surface area contributed by atoms with Crippen LogP contribution in [0.25, 0.3) is 0 Å². The SMILES string of the molecule is CN(c1ccc(C(C)(C)C)cc1)C(C=O)c1nncn1C. The fourth-order valence-electron chi connectivity index (χ4n) is 2.24. The average molecular weight is 286 g/mol. The Morgan fingerprint density at radius 2 is 1.86 bits per heavy atom. The quantitative estimate of drug-likeness (QED) is 0.810. The summed E-state index contributed by atoms with van der Waals surface area (Å²) in [7, 11) is 3.72. The molecule has 2 aromatic rings. The molecule has 1 aromatic heterocycles. The highest BCUT2D eigenvalue weighted by Crippen LogP contribution is 2.27. The Balaban J connectivity index is 2.28. The van der Waals surface area contributed by atoms with Crippen molar-refractivity contribution < 1.29 is 4.79 Å². The van der Waals surface area contributed by atoms with Gasteiger partial charge in [0.05, 0.1) is 0 Å². The molecular formula is C16H22N4O. The Labute approximate surface area is 125 Å². The van der Waals surface area contributed by atoms with Gasteiger partial charge in [-0.1, -0.05) is 32.9 Å². The van der Waals surface area contributed by atoms with Crippen molar-refractivity contribution in [3.05, 3.63) is 42.0 Å². The number of likely N-dealkylation sites (N-methyl/N-ethyl adjacent to an activating group) is 1. The lowest BCUT2D eigenvalue weighted by molar-refractivity contribution is -0.109. The maximum atomic E-state index is 11.5. The van der Waals surface area contributed by atoms with Gasteiger partial charge in [-0.2, -0.15) is 0 Å². The number of anilines is 1. The average Bonchev–Trinajstić information content (AvgIpc) is 2.85. The van der Waals surface area contributed by atoms with Crippen LogP contribution >= 0.6 is 0 Å². The van der Waals surface area contributed by atoms with Crippen molar-refractivity contribution in [2.45, 2.75) is 32.2 Å². The zero-order valence-corrected chi connectivity index (χ0v) is 13.2. The van der Waals surface area contributed by atoms with Gasteiger partial charge < -0.3 is 14.3 Å². The lowest BCUT2D eigenvalue weighted by atomic mass is 9.87. The lowest BCUT2D eigenvalue weighted by Crippen LogP contribution is -2.27. The highest BCUT2D eigenvalue weighted by atomic mass is 16.1. The van der Waals surface area contributed by atoms with Gasteiger partial charge in [0.1, 0.15) is 18.7 Å². The summed E-state index contributed by atoms with van der Waals surface area (Å²) in [6, 6.07) is 7.83. The second-order valence-electron chi connectivity index (χ2n) is 6.29. The van der Waals surface area contributed by atoms with Gasteiger partial charge >= 0.3 is 0 Å². The molecule has 0 aliphatic heterocycles. The van der Waals surface area contributed by atoms with Crippen molar-refractivity contribution >= 4 is 12.0 Å². The summed E-state index contributed by atoms with van der Waals surface area (Å²) in [6.07, 6.45) is 2.49. The first-order valence-electron chi connectivity index (χ1n) is 6.97. The molecule has 5 heteroatoms. The number of carbonyl (C=O) groups excluding carboxylic acids is 1. The third kappa shape index (κ3) is 3.12. The Bertz CT molecular complexity index is 610. The van der Waals surface area contributed by atoms with E-state index in [1.165, 1.54) is 5.56 Å². The fourth-order valence-corrected chi connectivity index (χ4v) is 2.24. The van der Waals surface area contributed by atoms with Crippen LogP contribution in [0.3, 0.4) is 0 Å². The van der Waals surface area contributed by atoms with Crippen molar-refractivity contribution in [1.82, 2.24) is 14.8 Å². The molecule has 0 saturated heterocycles. The molecular weight excluding hydrogens is 264 g/mol. The first-order valence-corrected chi connectivity index (χ1v) is 6.97. The molecule has 0 fully saturated rings.